The molecule has 0 aromatic heterocycles. The Bertz CT molecular complexity index is 821. The van der Waals surface area contributed by atoms with Gasteiger partial charge in [-0.3, -0.25) is 4.79 Å². The second-order valence-electron chi connectivity index (χ2n) is 6.09. The van der Waals surface area contributed by atoms with Crippen molar-refractivity contribution in [2.24, 2.45) is 0 Å². The van der Waals surface area contributed by atoms with Gasteiger partial charge in [-0.1, -0.05) is 6.07 Å². The van der Waals surface area contributed by atoms with E-state index in [9.17, 15) is 31.1 Å². The quantitative estimate of drug-likeness (QED) is 0.696. The Morgan fingerprint density at radius 1 is 0.808 bits per heavy atom. The van der Waals surface area contributed by atoms with E-state index in [1.54, 1.807) is 18.2 Å². The molecule has 2 aromatic rings. The van der Waals surface area contributed by atoms with Crippen LogP contribution in [0.5, 0.6) is 0 Å². The molecule has 26 heavy (non-hydrogen) atoms. The van der Waals surface area contributed by atoms with E-state index >= 15 is 0 Å². The van der Waals surface area contributed by atoms with E-state index in [1.165, 1.54) is 0 Å². The summed E-state index contributed by atoms with van der Waals surface area (Å²) in [6.07, 6.45) is -7.30. The Kier molecular flexibility index (Phi) is 4.46. The lowest BCUT2D eigenvalue weighted by molar-refractivity contribution is -0.143. The Labute approximate surface area is 144 Å². The molecular weight excluding hydrogens is 360 g/mol. The van der Waals surface area contributed by atoms with Crippen molar-refractivity contribution in [2.45, 2.75) is 31.6 Å². The van der Waals surface area contributed by atoms with Gasteiger partial charge in [-0.05, 0) is 60.7 Å². The van der Waals surface area contributed by atoms with Gasteiger partial charge in [0.1, 0.15) is 0 Å². The summed E-state index contributed by atoms with van der Waals surface area (Å²) >= 11 is 0. The fourth-order valence-electron chi connectivity index (χ4n) is 2.94. The van der Waals surface area contributed by atoms with Crippen molar-refractivity contribution in [1.82, 2.24) is 0 Å². The van der Waals surface area contributed by atoms with E-state index in [0.717, 1.165) is 30.4 Å². The fourth-order valence-corrected chi connectivity index (χ4v) is 2.94. The highest BCUT2D eigenvalue weighted by atomic mass is 19.4. The second-order valence-corrected chi connectivity index (χ2v) is 6.09. The maximum Gasteiger partial charge on any atom is 0.416 e. The zero-order valence-electron chi connectivity index (χ0n) is 13.3. The molecule has 2 aromatic carbocycles. The van der Waals surface area contributed by atoms with Crippen molar-refractivity contribution in [1.29, 1.82) is 0 Å². The van der Waals surface area contributed by atoms with Gasteiger partial charge in [0.2, 0.25) is 0 Å². The zero-order valence-corrected chi connectivity index (χ0v) is 13.3. The maximum absolute atomic E-state index is 12.9. The molecule has 0 heterocycles. The highest BCUT2D eigenvalue weighted by molar-refractivity contribution is 6.04. The van der Waals surface area contributed by atoms with Gasteiger partial charge in [-0.15, -0.1) is 0 Å². The average molecular weight is 373 g/mol. The number of alkyl halides is 6. The molecule has 1 aliphatic rings. The molecular formula is C18H13F6NO. The van der Waals surface area contributed by atoms with Crippen molar-refractivity contribution in [3.8, 4) is 0 Å². The average Bonchev–Trinajstić information content (AvgIpc) is 3.00. The van der Waals surface area contributed by atoms with E-state index in [-0.39, 0.29) is 6.07 Å². The van der Waals surface area contributed by atoms with Crippen molar-refractivity contribution in [2.75, 3.05) is 5.32 Å². The first-order valence-electron chi connectivity index (χ1n) is 7.77. The molecule has 1 amide bonds. The minimum Gasteiger partial charge on any atom is -0.322 e. The van der Waals surface area contributed by atoms with Gasteiger partial charge < -0.3 is 5.32 Å². The van der Waals surface area contributed by atoms with E-state index in [4.69, 9.17) is 0 Å². The van der Waals surface area contributed by atoms with Crippen LogP contribution < -0.4 is 5.32 Å². The molecule has 1 N–H and O–H groups in total. The molecule has 0 bridgehead atoms. The molecule has 0 spiro atoms. The van der Waals surface area contributed by atoms with Gasteiger partial charge in [0.05, 0.1) is 11.1 Å². The molecule has 138 valence electrons. The normalized spacial score (nSPS) is 14.2. The number of carbonyl (C=O) groups excluding carboxylic acids is 1. The molecule has 0 unspecified atom stereocenters. The van der Waals surface area contributed by atoms with E-state index < -0.39 is 35.0 Å². The third kappa shape index (κ3) is 3.84. The number of benzene rings is 2. The van der Waals surface area contributed by atoms with Crippen molar-refractivity contribution < 1.29 is 31.1 Å². The molecule has 8 heteroatoms. The lowest BCUT2D eigenvalue weighted by Gasteiger charge is -2.14. The van der Waals surface area contributed by atoms with Crippen LogP contribution in [0.15, 0.2) is 36.4 Å². The van der Waals surface area contributed by atoms with Crippen LogP contribution in [-0.2, 0) is 25.2 Å². The maximum atomic E-state index is 12.9. The van der Waals surface area contributed by atoms with Gasteiger partial charge in [-0.25, -0.2) is 0 Å². The first-order valence-corrected chi connectivity index (χ1v) is 7.77. The molecule has 0 fully saturated rings. The molecule has 0 radical (unpaired) electrons. The molecule has 1 aliphatic carbocycles. The number of hydrogen-bond acceptors (Lipinski definition) is 1. The summed E-state index contributed by atoms with van der Waals surface area (Å²) in [5, 5.41) is 2.37. The van der Waals surface area contributed by atoms with Crippen molar-refractivity contribution in [3.63, 3.8) is 0 Å². The summed E-state index contributed by atoms with van der Waals surface area (Å²) in [6, 6.07) is 5.89. The van der Waals surface area contributed by atoms with Crippen LogP contribution in [0.1, 0.15) is 39.0 Å². The molecule has 0 atom stereocenters. The monoisotopic (exact) mass is 373 g/mol. The number of anilines is 1. The van der Waals surface area contributed by atoms with Gasteiger partial charge in [0.25, 0.3) is 5.91 Å². The van der Waals surface area contributed by atoms with Crippen LogP contribution in [0.4, 0.5) is 32.0 Å². The third-order valence-corrected chi connectivity index (χ3v) is 4.21. The fraction of sp³-hybridized carbons (Fsp3) is 0.278. The second kappa shape index (κ2) is 6.34. The number of fused-ring (bicyclic) bond motifs is 1. The van der Waals surface area contributed by atoms with E-state index in [0.29, 0.717) is 17.8 Å². The molecule has 0 saturated carbocycles. The van der Waals surface area contributed by atoms with Gasteiger partial charge in [0.15, 0.2) is 0 Å². The summed E-state index contributed by atoms with van der Waals surface area (Å²) in [4.78, 5) is 12.2. The van der Waals surface area contributed by atoms with Crippen LogP contribution in [-0.4, -0.2) is 5.91 Å². The minimum atomic E-state index is -5.00. The Morgan fingerprint density at radius 2 is 1.38 bits per heavy atom. The van der Waals surface area contributed by atoms with Crippen molar-refractivity contribution >= 4 is 11.6 Å². The molecule has 0 aliphatic heterocycles. The van der Waals surface area contributed by atoms with Crippen LogP contribution in [0, 0.1) is 0 Å². The summed E-state index contributed by atoms with van der Waals surface area (Å²) in [5.74, 6) is -1.03. The Hall–Kier alpha value is -2.51. The lowest BCUT2D eigenvalue weighted by Crippen LogP contribution is -2.17. The number of amides is 1. The predicted octanol–water partition coefficient (Wildman–Crippen LogP) is 5.47. The van der Waals surface area contributed by atoms with E-state index in [2.05, 4.69) is 5.32 Å². The Morgan fingerprint density at radius 3 is 1.96 bits per heavy atom. The number of rotatable bonds is 2. The van der Waals surface area contributed by atoms with Crippen LogP contribution in [0.2, 0.25) is 0 Å². The number of hydrogen-bond donors (Lipinski definition) is 1. The van der Waals surface area contributed by atoms with Gasteiger partial charge >= 0.3 is 12.4 Å². The summed E-state index contributed by atoms with van der Waals surface area (Å²) in [5.41, 5.74) is -1.27. The number of halogens is 6. The summed E-state index contributed by atoms with van der Waals surface area (Å²) in [7, 11) is 0. The lowest BCUT2D eigenvalue weighted by atomic mass is 10.0. The predicted molar refractivity (Wildman–Crippen MR) is 82.9 cm³/mol. The SMILES string of the molecule is O=C(Nc1ccc2c(c1)CCC2)c1cc(C(F)(F)F)cc(C(F)(F)F)c1. The molecule has 3 rings (SSSR count). The third-order valence-electron chi connectivity index (χ3n) is 4.21. The minimum absolute atomic E-state index is 0.00776. The highest BCUT2D eigenvalue weighted by Gasteiger charge is 2.37. The number of aryl methyl sites for hydroxylation is 2. The number of nitrogens with one attached hydrogen (secondary N) is 1. The highest BCUT2D eigenvalue weighted by Crippen LogP contribution is 2.36. The van der Waals surface area contributed by atoms with Crippen molar-refractivity contribution in [3.05, 3.63) is 64.2 Å². The van der Waals surface area contributed by atoms with Gasteiger partial charge in [-0.2, -0.15) is 26.3 Å². The first-order chi connectivity index (χ1) is 12.0. The number of carbonyl (C=O) groups is 1. The molecule has 0 saturated heterocycles. The van der Waals surface area contributed by atoms with Crippen LogP contribution in [0.3, 0.4) is 0 Å². The standard InChI is InChI=1S/C18H13F6NO/c19-17(20,21)13-6-12(7-14(9-13)18(22,23)24)16(26)25-15-5-4-10-2-1-3-11(10)8-15/h4-9H,1-3H2,(H,25,26). The summed E-state index contributed by atoms with van der Waals surface area (Å²) < 4.78 is 77.3. The summed E-state index contributed by atoms with van der Waals surface area (Å²) in [6.45, 7) is 0. The first kappa shape index (κ1) is 18.3. The zero-order chi connectivity index (χ0) is 19.1. The topological polar surface area (TPSA) is 29.1 Å². The smallest absolute Gasteiger partial charge is 0.322 e. The largest absolute Gasteiger partial charge is 0.416 e. The van der Waals surface area contributed by atoms with Crippen LogP contribution in [0.25, 0.3) is 0 Å². The van der Waals surface area contributed by atoms with E-state index in [1.807, 2.05) is 0 Å². The molecule has 2 nitrogen and oxygen atoms in total. The Balaban J connectivity index is 1.93. The van der Waals surface area contributed by atoms with Gasteiger partial charge in [0, 0.05) is 11.3 Å². The van der Waals surface area contributed by atoms with Crippen LogP contribution >= 0.6 is 0 Å².